The molecule has 1 N–H and O–H groups in total. The number of H-pyrrole nitrogens is 1. The Balaban J connectivity index is 1.58. The van der Waals surface area contributed by atoms with Crippen molar-refractivity contribution < 1.29 is 4.74 Å². The monoisotopic (exact) mass is 459 g/mol. The molecule has 174 valence electrons. The number of likely N-dealkylation sites (N-methyl/N-ethyl adjacent to an activating group) is 1. The number of aromatic nitrogens is 6. The summed E-state index contributed by atoms with van der Waals surface area (Å²) in [5, 5.41) is 0. The summed E-state index contributed by atoms with van der Waals surface area (Å²) in [6.07, 6.45) is 3.20. The van der Waals surface area contributed by atoms with E-state index >= 15 is 0 Å². The van der Waals surface area contributed by atoms with Gasteiger partial charge < -0.3 is 19.5 Å². The van der Waals surface area contributed by atoms with E-state index in [9.17, 15) is 4.79 Å². The van der Waals surface area contributed by atoms with Gasteiger partial charge in [-0.2, -0.15) is 9.97 Å². The SMILES string of the molecule is [C-]#[N+]c1ccc2ncn(-c3nc(N4CCN(C)CC4)c4[nH]c(=O)n(C5CCOCC5)c4n3)c2c1. The Morgan fingerprint density at radius 2 is 1.94 bits per heavy atom. The normalized spacial score (nSPS) is 18.1. The zero-order valence-corrected chi connectivity index (χ0v) is 18.9. The fraction of sp³-hybridized carbons (Fsp3) is 0.435. The molecule has 2 aliphatic rings. The van der Waals surface area contributed by atoms with Crippen LogP contribution in [-0.2, 0) is 4.74 Å². The minimum atomic E-state index is -0.172. The standard InChI is InChI=1S/C23H25N9O2/c1-24-15-3-4-17-18(13-15)31(14-25-17)22-27-20(30-9-7-29(2)8-10-30)19-21(28-22)32(23(33)26-19)16-5-11-34-12-6-16/h3-4,13-14,16H,5-12H2,2H3,(H,26,33). The van der Waals surface area contributed by atoms with Crippen LogP contribution in [0.25, 0.3) is 33.0 Å². The lowest BCUT2D eigenvalue weighted by atomic mass is 10.1. The van der Waals surface area contributed by atoms with Crippen LogP contribution in [-0.4, -0.2) is 80.4 Å². The maximum absolute atomic E-state index is 13.1. The molecule has 0 radical (unpaired) electrons. The molecule has 0 unspecified atom stereocenters. The molecule has 0 amide bonds. The minimum absolute atomic E-state index is 0.0198. The fourth-order valence-corrected chi connectivity index (χ4v) is 4.84. The van der Waals surface area contributed by atoms with Crippen LogP contribution in [0.2, 0.25) is 0 Å². The molecule has 5 heterocycles. The third-order valence-corrected chi connectivity index (χ3v) is 6.77. The van der Waals surface area contributed by atoms with Crippen LogP contribution in [0.3, 0.4) is 0 Å². The lowest BCUT2D eigenvalue weighted by molar-refractivity contribution is 0.0697. The molecule has 0 atom stereocenters. The van der Waals surface area contributed by atoms with Crippen molar-refractivity contribution in [2.45, 2.75) is 18.9 Å². The number of ether oxygens (including phenoxy) is 1. The van der Waals surface area contributed by atoms with Gasteiger partial charge in [-0.1, -0.05) is 6.07 Å². The van der Waals surface area contributed by atoms with Crippen molar-refractivity contribution in [2.24, 2.45) is 0 Å². The lowest BCUT2D eigenvalue weighted by Gasteiger charge is -2.33. The molecule has 34 heavy (non-hydrogen) atoms. The highest BCUT2D eigenvalue weighted by molar-refractivity contribution is 5.86. The van der Waals surface area contributed by atoms with Gasteiger partial charge in [-0.25, -0.2) is 14.6 Å². The van der Waals surface area contributed by atoms with Crippen molar-refractivity contribution >= 4 is 33.7 Å². The predicted molar refractivity (Wildman–Crippen MR) is 128 cm³/mol. The first-order valence-electron chi connectivity index (χ1n) is 11.5. The first-order valence-corrected chi connectivity index (χ1v) is 11.5. The summed E-state index contributed by atoms with van der Waals surface area (Å²) in [6.45, 7) is 12.1. The van der Waals surface area contributed by atoms with Crippen molar-refractivity contribution in [3.8, 4) is 5.95 Å². The third-order valence-electron chi connectivity index (χ3n) is 6.77. The number of hydrogen-bond donors (Lipinski definition) is 1. The van der Waals surface area contributed by atoms with Gasteiger partial charge in [0.15, 0.2) is 17.2 Å². The molecule has 2 aliphatic heterocycles. The van der Waals surface area contributed by atoms with Crippen molar-refractivity contribution in [3.05, 3.63) is 46.4 Å². The molecule has 0 spiro atoms. The largest absolute Gasteiger partial charge is 0.381 e. The van der Waals surface area contributed by atoms with Gasteiger partial charge in [0.1, 0.15) is 11.8 Å². The van der Waals surface area contributed by atoms with Gasteiger partial charge in [-0.15, -0.1) is 0 Å². The van der Waals surface area contributed by atoms with Gasteiger partial charge in [0.2, 0.25) is 5.95 Å². The molecule has 1 aromatic carbocycles. The highest BCUT2D eigenvalue weighted by atomic mass is 16.5. The van der Waals surface area contributed by atoms with Gasteiger partial charge in [-0.3, -0.25) is 9.13 Å². The molecule has 6 rings (SSSR count). The molecule has 0 aliphatic carbocycles. The number of hydrogen-bond acceptors (Lipinski definition) is 7. The zero-order valence-electron chi connectivity index (χ0n) is 18.9. The molecule has 4 aromatic rings. The van der Waals surface area contributed by atoms with Crippen molar-refractivity contribution in [3.63, 3.8) is 0 Å². The number of benzene rings is 1. The Morgan fingerprint density at radius 1 is 1.15 bits per heavy atom. The Labute approximate surface area is 195 Å². The fourth-order valence-electron chi connectivity index (χ4n) is 4.84. The molecule has 11 nitrogen and oxygen atoms in total. The summed E-state index contributed by atoms with van der Waals surface area (Å²) in [5.74, 6) is 1.16. The van der Waals surface area contributed by atoms with Crippen LogP contribution >= 0.6 is 0 Å². The number of rotatable bonds is 3. The lowest BCUT2D eigenvalue weighted by Crippen LogP contribution is -2.45. The van der Waals surface area contributed by atoms with Crippen LogP contribution < -0.4 is 10.6 Å². The molecule has 2 fully saturated rings. The summed E-state index contributed by atoms with van der Waals surface area (Å²) in [5.41, 5.74) is 3.13. The first-order chi connectivity index (χ1) is 16.6. The average molecular weight is 460 g/mol. The highest BCUT2D eigenvalue weighted by Crippen LogP contribution is 2.29. The number of nitrogens with zero attached hydrogens (tertiary/aromatic N) is 8. The maximum atomic E-state index is 13.1. The molecular formula is C23H25N9O2. The van der Waals surface area contributed by atoms with E-state index in [1.807, 2.05) is 6.07 Å². The maximum Gasteiger partial charge on any atom is 0.328 e. The zero-order chi connectivity index (χ0) is 23.2. The summed E-state index contributed by atoms with van der Waals surface area (Å²) >= 11 is 0. The molecule has 3 aromatic heterocycles. The molecule has 0 saturated carbocycles. The van der Waals surface area contributed by atoms with Crippen molar-refractivity contribution in [1.29, 1.82) is 0 Å². The van der Waals surface area contributed by atoms with E-state index in [1.165, 1.54) is 0 Å². The third kappa shape index (κ3) is 3.43. The topological polar surface area (TPSA) is 101 Å². The van der Waals surface area contributed by atoms with Gasteiger partial charge in [-0.05, 0) is 32.0 Å². The Bertz CT molecular complexity index is 1460. The van der Waals surface area contributed by atoms with Gasteiger partial charge in [0.05, 0.1) is 17.6 Å². The van der Waals surface area contributed by atoms with Crippen LogP contribution in [0.4, 0.5) is 11.5 Å². The molecule has 2 saturated heterocycles. The second-order valence-electron chi connectivity index (χ2n) is 8.88. The Kier molecular flexibility index (Phi) is 5.04. The summed E-state index contributed by atoms with van der Waals surface area (Å²) in [6, 6.07) is 5.39. The van der Waals surface area contributed by atoms with E-state index in [-0.39, 0.29) is 11.7 Å². The summed E-state index contributed by atoms with van der Waals surface area (Å²) in [7, 11) is 2.11. The molecular weight excluding hydrogens is 434 g/mol. The van der Waals surface area contributed by atoms with Crippen LogP contribution in [0.5, 0.6) is 0 Å². The van der Waals surface area contributed by atoms with Gasteiger partial charge in [0.25, 0.3) is 0 Å². The Morgan fingerprint density at radius 3 is 2.71 bits per heavy atom. The second kappa shape index (κ2) is 8.23. The number of nitrogens with one attached hydrogen (secondary N) is 1. The van der Waals surface area contributed by atoms with E-state index in [0.717, 1.165) is 55.9 Å². The van der Waals surface area contributed by atoms with E-state index in [0.29, 0.717) is 36.0 Å². The first kappa shape index (κ1) is 20.8. The van der Waals surface area contributed by atoms with Crippen molar-refractivity contribution in [1.82, 2.24) is 34.0 Å². The van der Waals surface area contributed by atoms with Gasteiger partial charge >= 0.3 is 5.69 Å². The smallest absolute Gasteiger partial charge is 0.328 e. The number of imidazole rings is 2. The highest BCUT2D eigenvalue weighted by Gasteiger charge is 2.27. The van der Waals surface area contributed by atoms with Crippen LogP contribution in [0.1, 0.15) is 18.9 Å². The number of anilines is 1. The van der Waals surface area contributed by atoms with E-state index in [2.05, 4.69) is 31.7 Å². The van der Waals surface area contributed by atoms with E-state index in [1.54, 1.807) is 27.6 Å². The van der Waals surface area contributed by atoms with E-state index in [4.69, 9.17) is 21.3 Å². The summed E-state index contributed by atoms with van der Waals surface area (Å²) in [4.78, 5) is 38.5. The second-order valence-corrected chi connectivity index (χ2v) is 8.88. The molecule has 0 bridgehead atoms. The van der Waals surface area contributed by atoms with Crippen LogP contribution in [0, 0.1) is 6.57 Å². The predicted octanol–water partition coefficient (Wildman–Crippen LogP) is 2.11. The number of piperazine rings is 1. The summed E-state index contributed by atoms with van der Waals surface area (Å²) < 4.78 is 9.09. The van der Waals surface area contributed by atoms with Crippen molar-refractivity contribution in [2.75, 3.05) is 51.3 Å². The number of fused-ring (bicyclic) bond motifs is 2. The molecule has 11 heteroatoms. The minimum Gasteiger partial charge on any atom is -0.381 e. The average Bonchev–Trinajstić information content (AvgIpc) is 3.44. The number of aromatic amines is 1. The van der Waals surface area contributed by atoms with Gasteiger partial charge in [0, 0.05) is 45.4 Å². The quantitative estimate of drug-likeness (QED) is 0.468. The van der Waals surface area contributed by atoms with E-state index < -0.39 is 0 Å². The van der Waals surface area contributed by atoms with Crippen LogP contribution in [0.15, 0.2) is 29.3 Å². The Hall–Kier alpha value is -3.75.